The first kappa shape index (κ1) is 16.1. The third kappa shape index (κ3) is 3.12. The SMILES string of the molecule is CC1(COc2ccnc3[nH]cc(-c4ccccc4F)c23)CCNCC1. The summed E-state index contributed by atoms with van der Waals surface area (Å²) in [6, 6.07) is 8.65. The maximum absolute atomic E-state index is 14.3. The van der Waals surface area contributed by atoms with Crippen molar-refractivity contribution in [3.8, 4) is 16.9 Å². The number of rotatable bonds is 4. The predicted molar refractivity (Wildman–Crippen MR) is 97.2 cm³/mol. The van der Waals surface area contributed by atoms with Crippen LogP contribution in [-0.2, 0) is 0 Å². The first-order chi connectivity index (χ1) is 12.2. The van der Waals surface area contributed by atoms with Gasteiger partial charge in [-0.05, 0) is 38.1 Å². The first-order valence-electron chi connectivity index (χ1n) is 8.71. The van der Waals surface area contributed by atoms with Gasteiger partial charge in [0.15, 0.2) is 0 Å². The second-order valence-electron chi connectivity index (χ2n) is 7.06. The van der Waals surface area contributed by atoms with E-state index in [1.807, 2.05) is 12.1 Å². The number of piperidine rings is 1. The summed E-state index contributed by atoms with van der Waals surface area (Å²) in [6.45, 7) is 4.96. The van der Waals surface area contributed by atoms with E-state index in [9.17, 15) is 4.39 Å². The van der Waals surface area contributed by atoms with Crippen molar-refractivity contribution in [1.29, 1.82) is 0 Å². The highest BCUT2D eigenvalue weighted by Crippen LogP contribution is 2.37. The monoisotopic (exact) mass is 339 g/mol. The van der Waals surface area contributed by atoms with Crippen LogP contribution in [0.15, 0.2) is 42.7 Å². The van der Waals surface area contributed by atoms with Gasteiger partial charge in [-0.15, -0.1) is 0 Å². The summed E-state index contributed by atoms with van der Waals surface area (Å²) in [5.41, 5.74) is 2.22. The minimum Gasteiger partial charge on any atom is -0.492 e. The average Bonchev–Trinajstić information content (AvgIpc) is 3.06. The number of ether oxygens (including phenoxy) is 1. The molecule has 0 atom stereocenters. The molecule has 1 saturated heterocycles. The highest BCUT2D eigenvalue weighted by molar-refractivity contribution is 5.98. The summed E-state index contributed by atoms with van der Waals surface area (Å²) in [5, 5.41) is 4.23. The summed E-state index contributed by atoms with van der Waals surface area (Å²) in [6.07, 6.45) is 5.71. The Morgan fingerprint density at radius 2 is 1.96 bits per heavy atom. The normalized spacial score (nSPS) is 16.9. The molecule has 0 amide bonds. The lowest BCUT2D eigenvalue weighted by atomic mass is 9.82. The Bertz CT molecular complexity index is 884. The van der Waals surface area contributed by atoms with Gasteiger partial charge < -0.3 is 15.0 Å². The van der Waals surface area contributed by atoms with Crippen LogP contribution in [0, 0.1) is 11.2 Å². The molecule has 0 unspecified atom stereocenters. The Morgan fingerprint density at radius 3 is 2.76 bits per heavy atom. The zero-order chi connectivity index (χ0) is 17.3. The van der Waals surface area contributed by atoms with Crippen LogP contribution in [-0.4, -0.2) is 29.7 Å². The molecule has 0 aliphatic carbocycles. The van der Waals surface area contributed by atoms with Crippen LogP contribution in [0.2, 0.25) is 0 Å². The maximum Gasteiger partial charge on any atom is 0.141 e. The van der Waals surface area contributed by atoms with Crippen LogP contribution < -0.4 is 10.1 Å². The Kier molecular flexibility index (Phi) is 4.17. The molecular formula is C20H22FN3O. The van der Waals surface area contributed by atoms with E-state index in [4.69, 9.17) is 4.74 Å². The van der Waals surface area contributed by atoms with Gasteiger partial charge in [-0.3, -0.25) is 0 Å². The molecule has 130 valence electrons. The van der Waals surface area contributed by atoms with Crippen LogP contribution in [0.3, 0.4) is 0 Å². The number of aromatic amines is 1. The molecule has 25 heavy (non-hydrogen) atoms. The van der Waals surface area contributed by atoms with Crippen molar-refractivity contribution in [3.63, 3.8) is 0 Å². The van der Waals surface area contributed by atoms with Crippen molar-refractivity contribution in [2.24, 2.45) is 5.41 Å². The zero-order valence-corrected chi connectivity index (χ0v) is 14.3. The van der Waals surface area contributed by atoms with E-state index in [1.54, 1.807) is 24.5 Å². The van der Waals surface area contributed by atoms with Gasteiger partial charge in [0.2, 0.25) is 0 Å². The first-order valence-corrected chi connectivity index (χ1v) is 8.71. The lowest BCUT2D eigenvalue weighted by Crippen LogP contribution is -2.38. The van der Waals surface area contributed by atoms with Gasteiger partial charge in [0.05, 0.1) is 12.0 Å². The number of aromatic nitrogens is 2. The molecule has 3 heterocycles. The molecule has 0 saturated carbocycles. The molecule has 2 N–H and O–H groups in total. The van der Waals surface area contributed by atoms with Crippen molar-refractivity contribution < 1.29 is 9.13 Å². The smallest absolute Gasteiger partial charge is 0.141 e. The van der Waals surface area contributed by atoms with E-state index >= 15 is 0 Å². The third-order valence-electron chi connectivity index (χ3n) is 5.09. The second kappa shape index (κ2) is 6.48. The van der Waals surface area contributed by atoms with E-state index in [0.717, 1.165) is 42.6 Å². The van der Waals surface area contributed by atoms with Crippen LogP contribution in [0.1, 0.15) is 19.8 Å². The summed E-state index contributed by atoms with van der Waals surface area (Å²) < 4.78 is 20.5. The maximum atomic E-state index is 14.3. The number of nitrogens with one attached hydrogen (secondary N) is 2. The quantitative estimate of drug-likeness (QED) is 0.751. The van der Waals surface area contributed by atoms with Crippen molar-refractivity contribution >= 4 is 11.0 Å². The Morgan fingerprint density at radius 1 is 1.16 bits per heavy atom. The summed E-state index contributed by atoms with van der Waals surface area (Å²) in [4.78, 5) is 7.50. The standard InChI is InChI=1S/C20H22FN3O/c1-20(7-10-22-11-8-20)13-25-17-6-9-23-19-18(17)15(12-24-19)14-4-2-3-5-16(14)21/h2-6,9,12,22H,7-8,10-11,13H2,1H3,(H,23,24). The molecule has 0 radical (unpaired) electrons. The minimum atomic E-state index is -0.247. The van der Waals surface area contributed by atoms with Gasteiger partial charge in [0, 0.05) is 28.9 Å². The number of halogens is 1. The minimum absolute atomic E-state index is 0.162. The molecule has 1 aromatic carbocycles. The summed E-state index contributed by atoms with van der Waals surface area (Å²) >= 11 is 0. The molecule has 4 rings (SSSR count). The highest BCUT2D eigenvalue weighted by atomic mass is 19.1. The molecule has 1 fully saturated rings. The highest BCUT2D eigenvalue weighted by Gasteiger charge is 2.28. The van der Waals surface area contributed by atoms with E-state index in [2.05, 4.69) is 22.2 Å². The molecule has 1 aliphatic heterocycles. The third-order valence-corrected chi connectivity index (χ3v) is 5.09. The molecule has 0 bridgehead atoms. The van der Waals surface area contributed by atoms with Crippen molar-refractivity contribution in [3.05, 3.63) is 48.5 Å². The number of H-pyrrole nitrogens is 1. The van der Waals surface area contributed by atoms with Gasteiger partial charge in [0.1, 0.15) is 17.2 Å². The van der Waals surface area contributed by atoms with Crippen LogP contribution in [0.25, 0.3) is 22.2 Å². The Labute approximate surface area is 146 Å². The lowest BCUT2D eigenvalue weighted by Gasteiger charge is -2.33. The van der Waals surface area contributed by atoms with Gasteiger partial charge in [0.25, 0.3) is 0 Å². The Balaban J connectivity index is 1.70. The van der Waals surface area contributed by atoms with E-state index < -0.39 is 0 Å². The molecule has 2 aromatic heterocycles. The molecule has 1 aliphatic rings. The van der Waals surface area contributed by atoms with E-state index in [0.29, 0.717) is 17.8 Å². The van der Waals surface area contributed by atoms with Gasteiger partial charge >= 0.3 is 0 Å². The fourth-order valence-electron chi connectivity index (χ4n) is 3.47. The Hall–Kier alpha value is -2.40. The molecule has 3 aromatic rings. The van der Waals surface area contributed by atoms with E-state index in [-0.39, 0.29) is 11.2 Å². The van der Waals surface area contributed by atoms with Crippen LogP contribution in [0.4, 0.5) is 4.39 Å². The average molecular weight is 339 g/mol. The van der Waals surface area contributed by atoms with Gasteiger partial charge in [-0.1, -0.05) is 25.1 Å². The summed E-state index contributed by atoms with van der Waals surface area (Å²) in [5.74, 6) is 0.507. The number of hydrogen-bond acceptors (Lipinski definition) is 3. The van der Waals surface area contributed by atoms with Crippen molar-refractivity contribution in [1.82, 2.24) is 15.3 Å². The number of pyridine rings is 1. The lowest BCUT2D eigenvalue weighted by molar-refractivity contribution is 0.124. The van der Waals surface area contributed by atoms with Crippen LogP contribution >= 0.6 is 0 Å². The van der Waals surface area contributed by atoms with Gasteiger partial charge in [-0.2, -0.15) is 0 Å². The number of hydrogen-bond donors (Lipinski definition) is 2. The number of fused-ring (bicyclic) bond motifs is 1. The predicted octanol–water partition coefficient (Wildman–Crippen LogP) is 4.14. The van der Waals surface area contributed by atoms with E-state index in [1.165, 1.54) is 6.07 Å². The second-order valence-corrected chi connectivity index (χ2v) is 7.06. The van der Waals surface area contributed by atoms with Crippen molar-refractivity contribution in [2.75, 3.05) is 19.7 Å². The largest absolute Gasteiger partial charge is 0.492 e. The topological polar surface area (TPSA) is 49.9 Å². The number of nitrogens with zero attached hydrogens (tertiary/aromatic N) is 1. The summed E-state index contributed by atoms with van der Waals surface area (Å²) in [7, 11) is 0. The molecule has 5 heteroatoms. The number of benzene rings is 1. The molecule has 4 nitrogen and oxygen atoms in total. The van der Waals surface area contributed by atoms with Gasteiger partial charge in [-0.25, -0.2) is 9.37 Å². The fraction of sp³-hybridized carbons (Fsp3) is 0.350. The zero-order valence-electron chi connectivity index (χ0n) is 14.3. The molecule has 0 spiro atoms. The van der Waals surface area contributed by atoms with Crippen LogP contribution in [0.5, 0.6) is 5.75 Å². The van der Waals surface area contributed by atoms with Crippen molar-refractivity contribution in [2.45, 2.75) is 19.8 Å². The fourth-order valence-corrected chi connectivity index (χ4v) is 3.47. The molecular weight excluding hydrogens is 317 g/mol.